The Hall–Kier alpha value is -5.02. The van der Waals surface area contributed by atoms with Gasteiger partial charge in [0.15, 0.2) is 11.5 Å². The van der Waals surface area contributed by atoms with Gasteiger partial charge >= 0.3 is 5.97 Å². The fourth-order valence-corrected chi connectivity index (χ4v) is 4.62. The first kappa shape index (κ1) is 27.5. The summed E-state index contributed by atoms with van der Waals surface area (Å²) in [6, 6.07) is 18.2. The summed E-state index contributed by atoms with van der Waals surface area (Å²) >= 11 is 0. The molecule has 5 rings (SSSR count). The van der Waals surface area contributed by atoms with E-state index in [0.29, 0.717) is 39.9 Å². The SMILES string of the molecule is COc1ccc(-c2ccncc2/C=C(\Cc2cc3c(cc2OC)OCO3)C(=O)O)c(OCc2ccccc2CO)c1. The molecule has 2 heterocycles. The second-order valence-electron chi connectivity index (χ2n) is 9.21. The van der Waals surface area contributed by atoms with E-state index in [9.17, 15) is 15.0 Å². The van der Waals surface area contributed by atoms with Crippen LogP contribution >= 0.6 is 0 Å². The van der Waals surface area contributed by atoms with Gasteiger partial charge in [0.25, 0.3) is 0 Å². The number of carboxylic acid groups (broad SMARTS) is 1. The maximum Gasteiger partial charge on any atom is 0.331 e. The number of rotatable bonds is 11. The Bertz CT molecular complexity index is 1600. The number of aliphatic hydroxyl groups excluding tert-OH is 1. The van der Waals surface area contributed by atoms with Crippen molar-refractivity contribution in [3.63, 3.8) is 0 Å². The average molecular weight is 556 g/mol. The Kier molecular flexibility index (Phi) is 8.36. The summed E-state index contributed by atoms with van der Waals surface area (Å²) in [4.78, 5) is 16.7. The van der Waals surface area contributed by atoms with Crippen LogP contribution in [0, 0.1) is 0 Å². The lowest BCUT2D eigenvalue weighted by Gasteiger charge is -2.16. The summed E-state index contributed by atoms with van der Waals surface area (Å²) in [6.45, 7) is 0.216. The normalized spacial score (nSPS) is 12.2. The van der Waals surface area contributed by atoms with Gasteiger partial charge in [-0.2, -0.15) is 0 Å². The lowest BCUT2D eigenvalue weighted by molar-refractivity contribution is -0.132. The number of hydrogen-bond acceptors (Lipinski definition) is 8. The van der Waals surface area contributed by atoms with Gasteiger partial charge < -0.3 is 33.9 Å². The monoisotopic (exact) mass is 555 g/mol. The van der Waals surface area contributed by atoms with Crippen molar-refractivity contribution in [3.8, 4) is 39.9 Å². The molecule has 210 valence electrons. The molecule has 2 N–H and O–H groups in total. The maximum atomic E-state index is 12.4. The van der Waals surface area contributed by atoms with Crippen LogP contribution < -0.4 is 23.7 Å². The molecule has 1 aliphatic rings. The highest BCUT2D eigenvalue weighted by Crippen LogP contribution is 2.40. The van der Waals surface area contributed by atoms with Gasteiger partial charge in [-0.15, -0.1) is 0 Å². The summed E-state index contributed by atoms with van der Waals surface area (Å²) in [6.07, 6.45) is 4.93. The molecule has 0 fully saturated rings. The summed E-state index contributed by atoms with van der Waals surface area (Å²) < 4.78 is 28.1. The molecule has 3 aromatic carbocycles. The number of aliphatic carboxylic acids is 1. The van der Waals surface area contributed by atoms with Crippen molar-refractivity contribution in [2.45, 2.75) is 19.6 Å². The Morgan fingerprint density at radius 1 is 0.927 bits per heavy atom. The van der Waals surface area contributed by atoms with Crippen LogP contribution in [0.4, 0.5) is 0 Å². The van der Waals surface area contributed by atoms with Gasteiger partial charge in [0, 0.05) is 53.2 Å². The van der Waals surface area contributed by atoms with Crippen molar-refractivity contribution in [1.29, 1.82) is 0 Å². The average Bonchev–Trinajstić information content (AvgIpc) is 3.47. The van der Waals surface area contributed by atoms with Crippen LogP contribution in [0.15, 0.2) is 78.6 Å². The van der Waals surface area contributed by atoms with Gasteiger partial charge in [-0.3, -0.25) is 4.98 Å². The third-order valence-corrected chi connectivity index (χ3v) is 6.76. The predicted octanol–water partition coefficient (Wildman–Crippen LogP) is 5.28. The predicted molar refractivity (Wildman–Crippen MR) is 151 cm³/mol. The molecule has 9 heteroatoms. The van der Waals surface area contributed by atoms with E-state index in [4.69, 9.17) is 23.7 Å². The molecule has 0 aliphatic carbocycles. The third-order valence-electron chi connectivity index (χ3n) is 6.76. The molecular formula is C32H29NO8. The molecule has 0 spiro atoms. The van der Waals surface area contributed by atoms with E-state index in [1.54, 1.807) is 43.8 Å². The highest BCUT2D eigenvalue weighted by molar-refractivity contribution is 5.94. The number of pyridine rings is 1. The van der Waals surface area contributed by atoms with Gasteiger partial charge in [-0.1, -0.05) is 24.3 Å². The van der Waals surface area contributed by atoms with Gasteiger partial charge in [0.05, 0.1) is 20.8 Å². The smallest absolute Gasteiger partial charge is 0.331 e. The second kappa shape index (κ2) is 12.4. The minimum absolute atomic E-state index is 0.0768. The largest absolute Gasteiger partial charge is 0.497 e. The second-order valence-corrected chi connectivity index (χ2v) is 9.21. The first-order chi connectivity index (χ1) is 20.0. The van der Waals surface area contributed by atoms with Crippen LogP contribution in [0.5, 0.6) is 28.7 Å². The van der Waals surface area contributed by atoms with Crippen molar-refractivity contribution in [3.05, 3.63) is 101 Å². The zero-order valence-corrected chi connectivity index (χ0v) is 22.6. The number of nitrogens with zero attached hydrogens (tertiary/aromatic N) is 1. The van der Waals surface area contributed by atoms with E-state index >= 15 is 0 Å². The summed E-state index contributed by atoms with van der Waals surface area (Å²) in [7, 11) is 3.10. The number of aromatic nitrogens is 1. The van der Waals surface area contributed by atoms with E-state index in [2.05, 4.69) is 4.98 Å². The van der Waals surface area contributed by atoms with Crippen LogP contribution in [-0.2, 0) is 24.4 Å². The minimum atomic E-state index is -1.08. The molecule has 0 bridgehead atoms. The number of hydrogen-bond donors (Lipinski definition) is 2. The number of ether oxygens (including phenoxy) is 5. The van der Waals surface area contributed by atoms with E-state index in [1.807, 2.05) is 42.5 Å². The van der Waals surface area contributed by atoms with Crippen molar-refractivity contribution in [2.75, 3.05) is 21.0 Å². The quantitative estimate of drug-likeness (QED) is 0.239. The Labute approximate surface area is 237 Å². The van der Waals surface area contributed by atoms with E-state index in [-0.39, 0.29) is 32.0 Å². The Morgan fingerprint density at radius 2 is 1.71 bits per heavy atom. The highest BCUT2D eigenvalue weighted by atomic mass is 16.7. The highest BCUT2D eigenvalue weighted by Gasteiger charge is 2.21. The lowest BCUT2D eigenvalue weighted by Crippen LogP contribution is -2.06. The van der Waals surface area contributed by atoms with Crippen molar-refractivity contribution in [2.24, 2.45) is 0 Å². The number of benzene rings is 3. The van der Waals surface area contributed by atoms with Gasteiger partial charge in [-0.25, -0.2) is 4.79 Å². The van der Waals surface area contributed by atoms with E-state index in [1.165, 1.54) is 7.11 Å². The summed E-state index contributed by atoms with van der Waals surface area (Å²) in [5.74, 6) is 1.65. The summed E-state index contributed by atoms with van der Waals surface area (Å²) in [5.41, 5.74) is 4.45. The van der Waals surface area contributed by atoms with Gasteiger partial charge in [0.2, 0.25) is 6.79 Å². The van der Waals surface area contributed by atoms with Crippen LogP contribution in [0.25, 0.3) is 17.2 Å². The zero-order chi connectivity index (χ0) is 28.8. The molecule has 0 unspecified atom stereocenters. The number of carboxylic acids is 1. The number of fused-ring (bicyclic) bond motifs is 1. The van der Waals surface area contributed by atoms with Crippen LogP contribution in [0.3, 0.4) is 0 Å². The van der Waals surface area contributed by atoms with Crippen molar-refractivity contribution >= 4 is 12.0 Å². The Morgan fingerprint density at radius 3 is 2.44 bits per heavy atom. The standard InChI is InChI=1S/C32H29NO8/c1-37-25-7-8-27(29(14-25)39-18-21-6-4-3-5-20(21)17-34)26-9-10-33-16-24(26)12-23(32(35)36)11-22-13-30-31(41-19-40-30)15-28(22)38-2/h3-10,12-16,34H,11,17-19H2,1-2H3,(H,35,36)/b23-12+. The zero-order valence-electron chi connectivity index (χ0n) is 22.6. The molecular weight excluding hydrogens is 526 g/mol. The number of carbonyl (C=O) groups is 1. The first-order valence-electron chi connectivity index (χ1n) is 12.8. The van der Waals surface area contributed by atoms with E-state index in [0.717, 1.165) is 22.3 Å². The van der Waals surface area contributed by atoms with E-state index < -0.39 is 5.97 Å². The molecule has 0 saturated heterocycles. The third kappa shape index (κ3) is 6.10. The molecule has 9 nitrogen and oxygen atoms in total. The van der Waals surface area contributed by atoms with Crippen LogP contribution in [0.2, 0.25) is 0 Å². The number of aliphatic hydroxyl groups is 1. The van der Waals surface area contributed by atoms with Crippen molar-refractivity contribution in [1.82, 2.24) is 4.98 Å². The molecule has 4 aromatic rings. The molecule has 0 amide bonds. The first-order valence-corrected chi connectivity index (χ1v) is 12.8. The fraction of sp³-hybridized carbons (Fsp3) is 0.188. The molecule has 1 aromatic heterocycles. The van der Waals surface area contributed by atoms with Crippen LogP contribution in [-0.4, -0.2) is 42.2 Å². The van der Waals surface area contributed by atoms with Crippen LogP contribution in [0.1, 0.15) is 22.3 Å². The van der Waals surface area contributed by atoms with Crippen molar-refractivity contribution < 1.29 is 38.7 Å². The molecule has 0 atom stereocenters. The number of methoxy groups -OCH3 is 2. The molecule has 1 aliphatic heterocycles. The molecule has 0 saturated carbocycles. The maximum absolute atomic E-state index is 12.4. The van der Waals surface area contributed by atoms with Gasteiger partial charge in [-0.05, 0) is 47.0 Å². The topological polar surface area (TPSA) is 117 Å². The van der Waals surface area contributed by atoms with Gasteiger partial charge in [0.1, 0.15) is 23.9 Å². The molecule has 0 radical (unpaired) electrons. The lowest BCUT2D eigenvalue weighted by atomic mass is 9.96. The fourth-order valence-electron chi connectivity index (χ4n) is 4.62. The Balaban J connectivity index is 1.52. The minimum Gasteiger partial charge on any atom is -0.497 e. The molecule has 41 heavy (non-hydrogen) atoms. The summed E-state index contributed by atoms with van der Waals surface area (Å²) in [5, 5.41) is 19.9.